The minimum atomic E-state index is -3.74. The predicted molar refractivity (Wildman–Crippen MR) is 101 cm³/mol. The maximum absolute atomic E-state index is 14.6. The highest BCUT2D eigenvalue weighted by atomic mass is 32.2. The number of methoxy groups -OCH3 is 1. The summed E-state index contributed by atoms with van der Waals surface area (Å²) in [6.45, 7) is 0. The van der Waals surface area contributed by atoms with Crippen molar-refractivity contribution in [3.05, 3.63) is 53.1 Å². The molecule has 1 atom stereocenters. The molecule has 10 heteroatoms. The quantitative estimate of drug-likeness (QED) is 0.792. The van der Waals surface area contributed by atoms with E-state index in [0.717, 1.165) is 10.4 Å². The van der Waals surface area contributed by atoms with E-state index in [9.17, 15) is 22.0 Å². The molecule has 2 aromatic carbocycles. The van der Waals surface area contributed by atoms with Crippen molar-refractivity contribution in [3.63, 3.8) is 0 Å². The van der Waals surface area contributed by atoms with Crippen LogP contribution in [0.1, 0.15) is 23.5 Å². The summed E-state index contributed by atoms with van der Waals surface area (Å²) in [6.07, 6.45) is -0.105. The number of halogens is 2. The lowest BCUT2D eigenvalue weighted by molar-refractivity contribution is -0.116. The van der Waals surface area contributed by atoms with Crippen molar-refractivity contribution in [2.45, 2.75) is 12.3 Å². The van der Waals surface area contributed by atoms with Crippen LogP contribution in [0.2, 0.25) is 0 Å². The van der Waals surface area contributed by atoms with E-state index in [2.05, 4.69) is 10.0 Å². The summed E-state index contributed by atoms with van der Waals surface area (Å²) in [6, 6.07) is 6.76. The Kier molecular flexibility index (Phi) is 5.26. The van der Waals surface area contributed by atoms with Crippen molar-refractivity contribution in [2.75, 3.05) is 31.2 Å². The highest BCUT2D eigenvalue weighted by Gasteiger charge is 2.32. The molecular formula is C18H19F2N3O4S. The molecule has 1 aliphatic rings. The first-order valence-corrected chi connectivity index (χ1v) is 9.74. The lowest BCUT2D eigenvalue weighted by Crippen LogP contribution is -2.29. The maximum atomic E-state index is 14.6. The number of anilines is 2. The SMILES string of the molecule is COc1ccc(F)c(F)c1C1CC(=O)Nc2cc(NS(=O)(=O)N(C)C)ccc21. The highest BCUT2D eigenvalue weighted by molar-refractivity contribution is 7.90. The molecule has 7 nitrogen and oxygen atoms in total. The van der Waals surface area contributed by atoms with Crippen molar-refractivity contribution >= 4 is 27.5 Å². The Morgan fingerprint density at radius 3 is 2.57 bits per heavy atom. The van der Waals surface area contributed by atoms with Gasteiger partial charge in [-0.2, -0.15) is 12.7 Å². The Balaban J connectivity index is 2.09. The Bertz CT molecular complexity index is 1040. The third kappa shape index (κ3) is 3.65. The van der Waals surface area contributed by atoms with Crippen LogP contribution in [-0.4, -0.2) is 39.8 Å². The summed E-state index contributed by atoms with van der Waals surface area (Å²) in [4.78, 5) is 12.2. The van der Waals surface area contributed by atoms with E-state index in [4.69, 9.17) is 4.74 Å². The smallest absolute Gasteiger partial charge is 0.301 e. The fraction of sp³-hybridized carbons (Fsp3) is 0.278. The topological polar surface area (TPSA) is 87.7 Å². The molecule has 150 valence electrons. The van der Waals surface area contributed by atoms with Gasteiger partial charge in [0.2, 0.25) is 5.91 Å². The second-order valence-electron chi connectivity index (χ2n) is 6.47. The predicted octanol–water partition coefficient (Wildman–Crippen LogP) is 2.67. The number of rotatable bonds is 5. The Morgan fingerprint density at radius 2 is 1.93 bits per heavy atom. The van der Waals surface area contributed by atoms with Crippen LogP contribution >= 0.6 is 0 Å². The first-order valence-electron chi connectivity index (χ1n) is 8.30. The summed E-state index contributed by atoms with van der Waals surface area (Å²) in [5.41, 5.74) is 1.00. The molecule has 0 radical (unpaired) electrons. The molecule has 0 bridgehead atoms. The van der Waals surface area contributed by atoms with Crippen molar-refractivity contribution in [1.29, 1.82) is 0 Å². The summed E-state index contributed by atoms with van der Waals surface area (Å²) in [5.74, 6) is -3.19. The first kappa shape index (κ1) is 20.0. The third-order valence-corrected chi connectivity index (χ3v) is 5.94. The van der Waals surface area contributed by atoms with Crippen LogP contribution in [0.5, 0.6) is 5.75 Å². The number of carbonyl (C=O) groups excluding carboxylic acids is 1. The van der Waals surface area contributed by atoms with Gasteiger partial charge >= 0.3 is 10.2 Å². The molecule has 2 N–H and O–H groups in total. The number of amides is 1. The number of hydrogen-bond acceptors (Lipinski definition) is 4. The number of fused-ring (bicyclic) bond motifs is 1. The van der Waals surface area contributed by atoms with Crippen LogP contribution in [0.3, 0.4) is 0 Å². The van der Waals surface area contributed by atoms with Gasteiger partial charge in [0.1, 0.15) is 5.75 Å². The number of nitrogens with zero attached hydrogens (tertiary/aromatic N) is 1. The average Bonchev–Trinajstić information content (AvgIpc) is 2.62. The molecule has 1 aliphatic heterocycles. The second-order valence-corrected chi connectivity index (χ2v) is 8.36. The summed E-state index contributed by atoms with van der Waals surface area (Å²) in [7, 11) is 0.339. The molecule has 0 fully saturated rings. The maximum Gasteiger partial charge on any atom is 0.301 e. The first-order chi connectivity index (χ1) is 13.1. The van der Waals surface area contributed by atoms with E-state index in [-0.39, 0.29) is 23.4 Å². The molecule has 0 saturated carbocycles. The van der Waals surface area contributed by atoms with Crippen LogP contribution in [0.4, 0.5) is 20.2 Å². The second kappa shape index (κ2) is 7.36. The molecule has 3 rings (SSSR count). The van der Waals surface area contributed by atoms with Gasteiger partial charge in [-0.1, -0.05) is 6.07 Å². The molecule has 0 aromatic heterocycles. The van der Waals surface area contributed by atoms with Gasteiger partial charge in [-0.05, 0) is 29.8 Å². The molecule has 1 unspecified atom stereocenters. The van der Waals surface area contributed by atoms with E-state index in [0.29, 0.717) is 11.3 Å². The molecule has 0 spiro atoms. The van der Waals surface area contributed by atoms with Gasteiger partial charge in [0, 0.05) is 37.7 Å². The number of benzene rings is 2. The normalized spacial score (nSPS) is 16.5. The number of ether oxygens (including phenoxy) is 1. The van der Waals surface area contributed by atoms with Gasteiger partial charge in [-0.3, -0.25) is 9.52 Å². The molecule has 1 heterocycles. The zero-order valence-electron chi connectivity index (χ0n) is 15.4. The van der Waals surface area contributed by atoms with E-state index >= 15 is 0 Å². The number of nitrogens with one attached hydrogen (secondary N) is 2. The van der Waals surface area contributed by atoms with Gasteiger partial charge in [0.05, 0.1) is 12.8 Å². The number of carbonyl (C=O) groups is 1. The minimum absolute atomic E-state index is 0.0553. The van der Waals surface area contributed by atoms with Crippen molar-refractivity contribution in [1.82, 2.24) is 4.31 Å². The standard InChI is InChI=1S/C18H19F2N3O4S/c1-23(2)28(25,26)22-10-4-5-11-12(9-16(24)21-14(11)8-10)17-15(27-3)7-6-13(19)18(17)20/h4-8,12,22H,9H2,1-3H3,(H,21,24). The third-order valence-electron chi connectivity index (χ3n) is 4.48. The zero-order chi connectivity index (χ0) is 20.6. The zero-order valence-corrected chi connectivity index (χ0v) is 16.2. The van der Waals surface area contributed by atoms with E-state index in [1.165, 1.54) is 39.4 Å². The summed E-state index contributed by atoms with van der Waals surface area (Å²) < 4.78 is 60.9. The fourth-order valence-corrected chi connectivity index (χ4v) is 3.68. The van der Waals surface area contributed by atoms with Gasteiger partial charge < -0.3 is 10.1 Å². The Labute approximate surface area is 161 Å². The summed E-state index contributed by atoms with van der Waals surface area (Å²) in [5, 5.41) is 2.64. The monoisotopic (exact) mass is 411 g/mol. The summed E-state index contributed by atoms with van der Waals surface area (Å²) >= 11 is 0. The average molecular weight is 411 g/mol. The fourth-order valence-electron chi connectivity index (χ4n) is 3.08. The minimum Gasteiger partial charge on any atom is -0.496 e. The Hall–Kier alpha value is -2.72. The largest absolute Gasteiger partial charge is 0.496 e. The molecule has 0 aliphatic carbocycles. The van der Waals surface area contributed by atoms with Crippen LogP contribution in [-0.2, 0) is 15.0 Å². The van der Waals surface area contributed by atoms with Crippen molar-refractivity contribution in [3.8, 4) is 5.75 Å². The molecule has 28 heavy (non-hydrogen) atoms. The number of hydrogen-bond donors (Lipinski definition) is 2. The van der Waals surface area contributed by atoms with Crippen molar-refractivity contribution < 1.29 is 26.7 Å². The Morgan fingerprint density at radius 1 is 1.21 bits per heavy atom. The van der Waals surface area contributed by atoms with Crippen LogP contribution in [0.15, 0.2) is 30.3 Å². The highest BCUT2D eigenvalue weighted by Crippen LogP contribution is 2.43. The van der Waals surface area contributed by atoms with E-state index < -0.39 is 33.7 Å². The van der Waals surface area contributed by atoms with Gasteiger partial charge in [0.25, 0.3) is 0 Å². The van der Waals surface area contributed by atoms with E-state index in [1.807, 2.05) is 0 Å². The molecular weight excluding hydrogens is 392 g/mol. The molecule has 0 saturated heterocycles. The van der Waals surface area contributed by atoms with Gasteiger partial charge in [-0.15, -0.1) is 0 Å². The van der Waals surface area contributed by atoms with Crippen LogP contribution in [0.25, 0.3) is 0 Å². The lowest BCUT2D eigenvalue weighted by atomic mass is 9.83. The van der Waals surface area contributed by atoms with E-state index in [1.54, 1.807) is 6.07 Å². The molecule has 2 aromatic rings. The van der Waals surface area contributed by atoms with Crippen LogP contribution < -0.4 is 14.8 Å². The van der Waals surface area contributed by atoms with Crippen LogP contribution in [0, 0.1) is 11.6 Å². The van der Waals surface area contributed by atoms with Crippen molar-refractivity contribution in [2.24, 2.45) is 0 Å². The van der Waals surface area contributed by atoms with Gasteiger partial charge in [0.15, 0.2) is 11.6 Å². The lowest BCUT2D eigenvalue weighted by Gasteiger charge is -2.28. The molecule has 1 amide bonds. The van der Waals surface area contributed by atoms with Gasteiger partial charge in [-0.25, -0.2) is 8.78 Å².